The van der Waals surface area contributed by atoms with Crippen molar-refractivity contribution in [3.8, 4) is 11.8 Å². The number of anilines is 1. The second kappa shape index (κ2) is 7.83. The molecule has 0 spiro atoms. The molecule has 2 aromatic carbocycles. The van der Waals surface area contributed by atoms with Crippen LogP contribution in [-0.2, 0) is 4.79 Å². The molecule has 0 saturated carbocycles. The molecule has 0 heterocycles. The van der Waals surface area contributed by atoms with Gasteiger partial charge >= 0.3 is 0 Å². The lowest BCUT2D eigenvalue weighted by molar-refractivity contribution is -0.135. The number of benzene rings is 2. The summed E-state index contributed by atoms with van der Waals surface area (Å²) >= 11 is 5.90. The van der Waals surface area contributed by atoms with Crippen LogP contribution in [-0.4, -0.2) is 23.2 Å². The van der Waals surface area contributed by atoms with E-state index in [1.54, 1.807) is 6.07 Å². The number of hydrogen-bond acceptors (Lipinski definition) is 4. The van der Waals surface area contributed by atoms with Crippen molar-refractivity contribution in [2.45, 2.75) is 12.5 Å². The Morgan fingerprint density at radius 2 is 2.19 bits per heavy atom. The molecule has 8 heteroatoms. The molecule has 0 aliphatic carbocycles. The molecular weight excluding hydrogens is 361 g/mol. The summed E-state index contributed by atoms with van der Waals surface area (Å²) in [6, 6.07) is 9.58. The Bertz CT molecular complexity index is 932. The number of aliphatic hydroxyl groups is 1. The van der Waals surface area contributed by atoms with E-state index in [9.17, 15) is 14.3 Å². The zero-order valence-electron chi connectivity index (χ0n) is 13.6. The van der Waals surface area contributed by atoms with Crippen LogP contribution in [0.3, 0.4) is 0 Å². The third kappa shape index (κ3) is 4.48. The molecule has 0 bridgehead atoms. The number of amides is 1. The minimum absolute atomic E-state index is 0.0685. The molecule has 0 radical (unpaired) electrons. The Kier molecular flexibility index (Phi) is 5.78. The molecule has 0 aliphatic rings. The first-order chi connectivity index (χ1) is 12.3. The van der Waals surface area contributed by atoms with Crippen molar-refractivity contribution < 1.29 is 19.0 Å². The molecule has 2 rings (SSSR count). The van der Waals surface area contributed by atoms with E-state index in [1.165, 1.54) is 37.3 Å². The molecule has 0 aromatic heterocycles. The van der Waals surface area contributed by atoms with E-state index in [2.05, 4.69) is 10.2 Å². The first-order valence-electron chi connectivity index (χ1n) is 7.30. The smallest absolute Gasteiger partial charge is 0.259 e. The van der Waals surface area contributed by atoms with E-state index in [1.807, 2.05) is 0 Å². The number of nitriles is 1. The third-order valence-electron chi connectivity index (χ3n) is 3.40. The first-order valence-corrected chi connectivity index (χ1v) is 7.68. The van der Waals surface area contributed by atoms with Gasteiger partial charge in [-0.05, 0) is 31.2 Å². The zero-order chi connectivity index (χ0) is 19.3. The lowest BCUT2D eigenvalue weighted by atomic mass is 10.1. The number of nitrogens with zero attached hydrogens (tertiary/aromatic N) is 2. The van der Waals surface area contributed by atoms with Gasteiger partial charge in [0.15, 0.2) is 5.60 Å². The number of rotatable bonds is 5. The highest BCUT2D eigenvalue weighted by Crippen LogP contribution is 2.28. The van der Waals surface area contributed by atoms with Crippen LogP contribution < -0.4 is 10.1 Å². The first kappa shape index (κ1) is 19.2. The van der Waals surface area contributed by atoms with Gasteiger partial charge in [0.05, 0.1) is 12.1 Å². The van der Waals surface area contributed by atoms with Crippen LogP contribution in [0.25, 0.3) is 4.85 Å². The Morgan fingerprint density at radius 3 is 2.77 bits per heavy atom. The topological polar surface area (TPSA) is 86.7 Å². The van der Waals surface area contributed by atoms with Gasteiger partial charge in [-0.2, -0.15) is 5.26 Å². The lowest BCUT2D eigenvalue weighted by Gasteiger charge is -2.22. The van der Waals surface area contributed by atoms with Crippen LogP contribution >= 0.6 is 11.6 Å². The standard InChI is InChI=1S/C18H13ClFN3O3/c1-18(25,10-26-13-5-3-11(9-21)15(20)8-13)17(24)23-12-4-6-16(22-2)14(19)7-12/h3-8,25H,10H2,1H3,(H,23,24)/t18-/m0/s1. The second-order valence-corrected chi connectivity index (χ2v) is 5.96. The molecule has 2 aromatic rings. The van der Waals surface area contributed by atoms with Crippen LogP contribution in [0, 0.1) is 23.7 Å². The highest BCUT2D eigenvalue weighted by molar-refractivity contribution is 6.33. The maximum atomic E-state index is 13.5. The highest BCUT2D eigenvalue weighted by atomic mass is 35.5. The van der Waals surface area contributed by atoms with Gasteiger partial charge in [0, 0.05) is 16.8 Å². The normalized spacial score (nSPS) is 12.4. The summed E-state index contributed by atoms with van der Waals surface area (Å²) in [5, 5.41) is 21.6. The molecule has 0 saturated heterocycles. The summed E-state index contributed by atoms with van der Waals surface area (Å²) in [5.41, 5.74) is -1.52. The molecule has 26 heavy (non-hydrogen) atoms. The van der Waals surface area contributed by atoms with Gasteiger partial charge in [-0.25, -0.2) is 9.24 Å². The molecule has 2 N–H and O–H groups in total. The molecule has 0 aliphatic heterocycles. The Hall–Kier alpha value is -3.13. The van der Waals surface area contributed by atoms with E-state index in [0.29, 0.717) is 5.69 Å². The minimum atomic E-state index is -1.92. The van der Waals surface area contributed by atoms with Gasteiger partial charge in [0.2, 0.25) is 5.69 Å². The predicted octanol–water partition coefficient (Wildman–Crippen LogP) is 3.67. The highest BCUT2D eigenvalue weighted by Gasteiger charge is 2.31. The van der Waals surface area contributed by atoms with Crippen molar-refractivity contribution in [3.63, 3.8) is 0 Å². The van der Waals surface area contributed by atoms with Crippen LogP contribution in [0.15, 0.2) is 36.4 Å². The van der Waals surface area contributed by atoms with Crippen molar-refractivity contribution in [2.75, 3.05) is 11.9 Å². The fourth-order valence-electron chi connectivity index (χ4n) is 1.91. The van der Waals surface area contributed by atoms with Gasteiger partial charge in [0.1, 0.15) is 24.2 Å². The van der Waals surface area contributed by atoms with Crippen LogP contribution in [0.4, 0.5) is 15.8 Å². The predicted molar refractivity (Wildman–Crippen MR) is 93.6 cm³/mol. The summed E-state index contributed by atoms with van der Waals surface area (Å²) in [6.07, 6.45) is 0. The van der Waals surface area contributed by atoms with Crippen molar-refractivity contribution in [1.29, 1.82) is 5.26 Å². The molecule has 1 atom stereocenters. The largest absolute Gasteiger partial charge is 0.490 e. The summed E-state index contributed by atoms with van der Waals surface area (Å²) in [7, 11) is 0. The zero-order valence-corrected chi connectivity index (χ0v) is 14.3. The lowest BCUT2D eigenvalue weighted by Crippen LogP contribution is -2.45. The van der Waals surface area contributed by atoms with Gasteiger partial charge in [-0.3, -0.25) is 4.79 Å². The average Bonchev–Trinajstić information content (AvgIpc) is 2.60. The quantitative estimate of drug-likeness (QED) is 0.783. The fourth-order valence-corrected chi connectivity index (χ4v) is 2.13. The minimum Gasteiger partial charge on any atom is -0.490 e. The maximum absolute atomic E-state index is 13.5. The maximum Gasteiger partial charge on any atom is 0.259 e. The van der Waals surface area contributed by atoms with Crippen LogP contribution in [0.5, 0.6) is 5.75 Å². The van der Waals surface area contributed by atoms with Crippen molar-refractivity contribution >= 4 is 28.9 Å². The summed E-state index contributed by atoms with van der Waals surface area (Å²) in [5.74, 6) is -1.46. The second-order valence-electron chi connectivity index (χ2n) is 5.55. The van der Waals surface area contributed by atoms with Crippen molar-refractivity contribution in [3.05, 3.63) is 64.2 Å². The van der Waals surface area contributed by atoms with E-state index in [4.69, 9.17) is 28.2 Å². The molecule has 132 valence electrons. The number of carbonyl (C=O) groups excluding carboxylic acids is 1. The van der Waals surface area contributed by atoms with E-state index >= 15 is 0 Å². The third-order valence-corrected chi connectivity index (χ3v) is 3.70. The summed E-state index contributed by atoms with van der Waals surface area (Å²) in [4.78, 5) is 15.4. The molecule has 6 nitrogen and oxygen atoms in total. The molecule has 1 amide bonds. The Balaban J connectivity index is 2.04. The number of halogens is 2. The molecule has 0 fully saturated rings. The SMILES string of the molecule is [C-]#[N+]c1ccc(NC(=O)[C@@](C)(O)COc2ccc(C#N)c(F)c2)cc1Cl. The molecular formula is C18H13ClFN3O3. The van der Waals surface area contributed by atoms with Crippen LogP contribution in [0.2, 0.25) is 5.02 Å². The Morgan fingerprint density at radius 1 is 1.46 bits per heavy atom. The number of nitrogens with one attached hydrogen (secondary N) is 1. The summed E-state index contributed by atoms with van der Waals surface area (Å²) in [6.45, 7) is 7.71. The monoisotopic (exact) mass is 373 g/mol. The van der Waals surface area contributed by atoms with Gasteiger partial charge in [0.25, 0.3) is 5.91 Å². The fraction of sp³-hybridized carbons (Fsp3) is 0.167. The van der Waals surface area contributed by atoms with Crippen molar-refractivity contribution in [2.24, 2.45) is 0 Å². The van der Waals surface area contributed by atoms with Crippen molar-refractivity contribution in [1.82, 2.24) is 0 Å². The number of hydrogen-bond donors (Lipinski definition) is 2. The van der Waals surface area contributed by atoms with E-state index in [-0.39, 0.29) is 22.0 Å². The van der Waals surface area contributed by atoms with E-state index in [0.717, 1.165) is 6.07 Å². The van der Waals surface area contributed by atoms with Gasteiger partial charge < -0.3 is 15.2 Å². The number of ether oxygens (including phenoxy) is 1. The Labute approximate surface area is 154 Å². The van der Waals surface area contributed by atoms with Crippen LogP contribution in [0.1, 0.15) is 12.5 Å². The average molecular weight is 374 g/mol. The number of carbonyl (C=O) groups is 1. The van der Waals surface area contributed by atoms with Gasteiger partial charge in [-0.1, -0.05) is 17.7 Å². The molecule has 0 unspecified atom stereocenters. The van der Waals surface area contributed by atoms with Gasteiger partial charge in [-0.15, -0.1) is 0 Å². The summed E-state index contributed by atoms with van der Waals surface area (Å²) < 4.78 is 18.8. The van der Waals surface area contributed by atoms with E-state index < -0.39 is 23.9 Å².